The van der Waals surface area contributed by atoms with E-state index in [0.29, 0.717) is 5.82 Å². The van der Waals surface area contributed by atoms with E-state index in [1.54, 1.807) is 0 Å². The number of nitrogen functional groups attached to an aromatic ring is 1. The maximum absolute atomic E-state index is 6.07. The van der Waals surface area contributed by atoms with Crippen molar-refractivity contribution in [2.75, 3.05) is 5.73 Å². The van der Waals surface area contributed by atoms with Crippen molar-refractivity contribution in [3.8, 4) is 0 Å². The lowest BCUT2D eigenvalue weighted by atomic mass is 10.0. The number of aryl methyl sites for hydroxylation is 4. The van der Waals surface area contributed by atoms with Gasteiger partial charge in [0.1, 0.15) is 11.3 Å². The first-order chi connectivity index (χ1) is 8.76. The Hall–Kier alpha value is -1.58. The highest BCUT2D eigenvalue weighted by atomic mass is 15.1. The van der Waals surface area contributed by atoms with E-state index in [0.717, 1.165) is 43.4 Å². The van der Waals surface area contributed by atoms with Gasteiger partial charge in [-0.25, -0.2) is 9.97 Å². The average molecular weight is 244 g/mol. The number of nitrogens with zero attached hydrogens (tertiary/aromatic N) is 3. The summed E-state index contributed by atoms with van der Waals surface area (Å²) < 4.78 is 2.37. The van der Waals surface area contributed by atoms with Crippen LogP contribution in [-0.2, 0) is 25.8 Å². The first kappa shape index (κ1) is 11.5. The lowest BCUT2D eigenvalue weighted by Crippen LogP contribution is -2.13. The van der Waals surface area contributed by atoms with Crippen LogP contribution >= 0.6 is 0 Å². The second-order valence-electron chi connectivity index (χ2n) is 5.01. The molecule has 0 saturated heterocycles. The van der Waals surface area contributed by atoms with Crippen LogP contribution in [0.3, 0.4) is 0 Å². The van der Waals surface area contributed by atoms with Crippen molar-refractivity contribution in [3.63, 3.8) is 0 Å². The molecule has 0 radical (unpaired) electrons. The fourth-order valence-electron chi connectivity index (χ4n) is 3.01. The number of hydrogen-bond donors (Lipinski definition) is 1. The quantitative estimate of drug-likeness (QED) is 0.902. The largest absolute Gasteiger partial charge is 0.382 e. The number of nitrogens with two attached hydrogens (primary N) is 1. The van der Waals surface area contributed by atoms with E-state index >= 15 is 0 Å². The zero-order valence-corrected chi connectivity index (χ0v) is 11.2. The fraction of sp³-hybridized carbons (Fsp3) is 0.571. The van der Waals surface area contributed by atoms with Crippen molar-refractivity contribution in [1.29, 1.82) is 0 Å². The molecule has 1 aliphatic heterocycles. The van der Waals surface area contributed by atoms with Crippen LogP contribution in [0.1, 0.15) is 43.8 Å². The summed E-state index contributed by atoms with van der Waals surface area (Å²) in [5.41, 5.74) is 10.8. The topological polar surface area (TPSA) is 56.7 Å². The zero-order chi connectivity index (χ0) is 12.7. The van der Waals surface area contributed by atoms with Gasteiger partial charge in [-0.3, -0.25) is 0 Å². The summed E-state index contributed by atoms with van der Waals surface area (Å²) in [7, 11) is 0. The lowest BCUT2D eigenvalue weighted by Gasteiger charge is -2.19. The highest BCUT2D eigenvalue weighted by molar-refractivity contribution is 5.89. The molecule has 0 aliphatic carbocycles. The Morgan fingerprint density at radius 1 is 1.28 bits per heavy atom. The molecule has 2 aromatic rings. The van der Waals surface area contributed by atoms with Crippen molar-refractivity contribution in [2.45, 2.75) is 52.5 Å². The third-order valence-corrected chi connectivity index (χ3v) is 3.80. The van der Waals surface area contributed by atoms with E-state index in [2.05, 4.69) is 23.4 Å². The van der Waals surface area contributed by atoms with Gasteiger partial charge in [-0.05, 0) is 31.2 Å². The molecular formula is C14H20N4. The fourth-order valence-corrected chi connectivity index (χ4v) is 3.01. The van der Waals surface area contributed by atoms with E-state index in [1.165, 1.54) is 23.3 Å². The van der Waals surface area contributed by atoms with E-state index in [1.807, 2.05) is 0 Å². The molecule has 0 spiro atoms. The van der Waals surface area contributed by atoms with Gasteiger partial charge in [0, 0.05) is 18.7 Å². The van der Waals surface area contributed by atoms with Gasteiger partial charge in [-0.1, -0.05) is 13.8 Å². The Balaban J connectivity index is 2.34. The molecule has 2 N–H and O–H groups in total. The molecule has 0 aromatic carbocycles. The van der Waals surface area contributed by atoms with Gasteiger partial charge in [-0.15, -0.1) is 0 Å². The molecular weight excluding hydrogens is 224 g/mol. The van der Waals surface area contributed by atoms with Gasteiger partial charge in [0.05, 0.1) is 5.52 Å². The van der Waals surface area contributed by atoms with Crippen molar-refractivity contribution in [2.24, 2.45) is 0 Å². The van der Waals surface area contributed by atoms with Crippen molar-refractivity contribution in [1.82, 2.24) is 14.5 Å². The van der Waals surface area contributed by atoms with Crippen LogP contribution < -0.4 is 5.73 Å². The summed E-state index contributed by atoms with van der Waals surface area (Å²) in [6.07, 6.45) is 5.39. The highest BCUT2D eigenvalue weighted by Crippen LogP contribution is 2.31. The lowest BCUT2D eigenvalue weighted by molar-refractivity contribution is 0.595. The Morgan fingerprint density at radius 2 is 2.11 bits per heavy atom. The number of aromatic nitrogens is 3. The van der Waals surface area contributed by atoms with Gasteiger partial charge in [0.25, 0.3) is 0 Å². The number of hydrogen-bond acceptors (Lipinski definition) is 3. The van der Waals surface area contributed by atoms with E-state index in [4.69, 9.17) is 10.7 Å². The minimum atomic E-state index is 0.601. The van der Waals surface area contributed by atoms with Crippen LogP contribution in [0.5, 0.6) is 0 Å². The van der Waals surface area contributed by atoms with Crippen LogP contribution in [-0.4, -0.2) is 14.5 Å². The molecule has 0 saturated carbocycles. The Morgan fingerprint density at radius 3 is 2.83 bits per heavy atom. The second kappa shape index (κ2) is 4.26. The molecule has 4 heteroatoms. The molecule has 3 rings (SSSR count). The Bertz CT molecular complexity index is 598. The SMILES string of the molecule is CCCc1nc2c(N)nc(CC)c3c2n1CCC3. The molecule has 3 heterocycles. The summed E-state index contributed by atoms with van der Waals surface area (Å²) in [6.45, 7) is 5.41. The van der Waals surface area contributed by atoms with Crippen molar-refractivity contribution in [3.05, 3.63) is 17.1 Å². The second-order valence-corrected chi connectivity index (χ2v) is 5.01. The first-order valence-electron chi connectivity index (χ1n) is 6.92. The summed E-state index contributed by atoms with van der Waals surface area (Å²) >= 11 is 0. The standard InChI is InChI=1S/C14H20N4/c1-3-6-11-17-12-13-9(7-5-8-18(11)13)10(4-2)16-14(12)15/h3-8H2,1-2H3,(H2,15,16). The van der Waals surface area contributed by atoms with Gasteiger partial charge in [0.2, 0.25) is 0 Å². The van der Waals surface area contributed by atoms with Gasteiger partial charge in [0.15, 0.2) is 5.82 Å². The summed E-state index contributed by atoms with van der Waals surface area (Å²) in [5, 5.41) is 0. The number of imidazole rings is 1. The molecule has 2 aromatic heterocycles. The maximum Gasteiger partial charge on any atom is 0.151 e. The molecule has 0 fully saturated rings. The predicted octanol–water partition coefficient (Wildman–Crippen LogP) is 2.47. The third kappa shape index (κ3) is 1.51. The molecule has 0 bridgehead atoms. The summed E-state index contributed by atoms with van der Waals surface area (Å²) in [6, 6.07) is 0. The van der Waals surface area contributed by atoms with Crippen LogP contribution in [0.2, 0.25) is 0 Å². The van der Waals surface area contributed by atoms with Crippen molar-refractivity contribution >= 4 is 16.9 Å². The third-order valence-electron chi connectivity index (χ3n) is 3.80. The summed E-state index contributed by atoms with van der Waals surface area (Å²) in [5.74, 6) is 1.78. The smallest absolute Gasteiger partial charge is 0.151 e. The predicted molar refractivity (Wildman–Crippen MR) is 73.6 cm³/mol. The van der Waals surface area contributed by atoms with Crippen LogP contribution in [0.15, 0.2) is 0 Å². The van der Waals surface area contributed by atoms with Crippen LogP contribution in [0.4, 0.5) is 5.82 Å². The normalized spacial score (nSPS) is 14.3. The number of pyridine rings is 1. The molecule has 4 nitrogen and oxygen atoms in total. The molecule has 18 heavy (non-hydrogen) atoms. The Labute approximate surface area is 107 Å². The molecule has 0 atom stereocenters. The zero-order valence-electron chi connectivity index (χ0n) is 11.2. The minimum absolute atomic E-state index is 0.601. The highest BCUT2D eigenvalue weighted by Gasteiger charge is 2.22. The summed E-state index contributed by atoms with van der Waals surface area (Å²) in [4.78, 5) is 9.27. The van der Waals surface area contributed by atoms with Gasteiger partial charge >= 0.3 is 0 Å². The first-order valence-corrected chi connectivity index (χ1v) is 6.92. The van der Waals surface area contributed by atoms with Crippen LogP contribution in [0.25, 0.3) is 11.0 Å². The van der Waals surface area contributed by atoms with Gasteiger partial charge in [-0.2, -0.15) is 0 Å². The molecule has 0 unspecified atom stereocenters. The molecule has 96 valence electrons. The van der Waals surface area contributed by atoms with E-state index in [-0.39, 0.29) is 0 Å². The van der Waals surface area contributed by atoms with E-state index in [9.17, 15) is 0 Å². The maximum atomic E-state index is 6.07. The monoisotopic (exact) mass is 244 g/mol. The molecule has 1 aliphatic rings. The van der Waals surface area contributed by atoms with Gasteiger partial charge < -0.3 is 10.3 Å². The van der Waals surface area contributed by atoms with Crippen LogP contribution in [0, 0.1) is 0 Å². The number of rotatable bonds is 3. The minimum Gasteiger partial charge on any atom is -0.382 e. The Kier molecular flexibility index (Phi) is 2.73. The van der Waals surface area contributed by atoms with E-state index < -0.39 is 0 Å². The number of anilines is 1. The van der Waals surface area contributed by atoms with Crippen molar-refractivity contribution < 1.29 is 0 Å². The molecule has 0 amide bonds. The average Bonchev–Trinajstić information content (AvgIpc) is 2.75.